The molecule has 0 radical (unpaired) electrons. The molecular weight excluding hydrogens is 326 g/mol. The van der Waals surface area contributed by atoms with E-state index in [1.165, 1.54) is 15.8 Å². The van der Waals surface area contributed by atoms with Crippen molar-refractivity contribution in [3.63, 3.8) is 0 Å². The minimum Gasteiger partial charge on any atom is -0.385 e. The standard InChI is InChI=1S/C15H21N7OS/c1-3-21-7-5-10-11(9-21)24-14-12(10)13(16-6-4-8-23-2)17-15-18-19-20-22(14)15/h3-9H2,1-2H3,(H,16,17,18,20). The summed E-state index contributed by atoms with van der Waals surface area (Å²) in [6, 6.07) is 0. The Morgan fingerprint density at radius 1 is 1.38 bits per heavy atom. The van der Waals surface area contributed by atoms with Crippen LogP contribution in [-0.2, 0) is 17.7 Å². The van der Waals surface area contributed by atoms with Gasteiger partial charge in [0.2, 0.25) is 0 Å². The number of hydrogen-bond donors (Lipinski definition) is 1. The van der Waals surface area contributed by atoms with Crippen LogP contribution in [0.15, 0.2) is 0 Å². The second-order valence-electron chi connectivity index (χ2n) is 5.93. The lowest BCUT2D eigenvalue weighted by Gasteiger charge is -2.25. The van der Waals surface area contributed by atoms with E-state index in [-0.39, 0.29) is 0 Å². The molecule has 1 aliphatic heterocycles. The van der Waals surface area contributed by atoms with E-state index in [1.54, 1.807) is 23.0 Å². The highest BCUT2D eigenvalue weighted by Gasteiger charge is 2.24. The van der Waals surface area contributed by atoms with Crippen molar-refractivity contribution >= 4 is 33.1 Å². The van der Waals surface area contributed by atoms with Gasteiger partial charge in [-0.25, -0.2) is 0 Å². The van der Waals surface area contributed by atoms with Crippen LogP contribution in [0.3, 0.4) is 0 Å². The Labute approximate surface area is 143 Å². The first kappa shape index (κ1) is 15.7. The van der Waals surface area contributed by atoms with E-state index in [1.807, 2.05) is 0 Å². The first-order chi connectivity index (χ1) is 11.8. The number of ether oxygens (including phenoxy) is 1. The Balaban J connectivity index is 1.79. The number of nitrogens with one attached hydrogen (secondary N) is 1. The van der Waals surface area contributed by atoms with Crippen molar-refractivity contribution in [2.24, 2.45) is 0 Å². The van der Waals surface area contributed by atoms with Gasteiger partial charge in [-0.3, -0.25) is 4.90 Å². The molecule has 128 valence electrons. The minimum absolute atomic E-state index is 0.544. The summed E-state index contributed by atoms with van der Waals surface area (Å²) in [5.41, 5.74) is 1.40. The number of nitrogens with zero attached hydrogens (tertiary/aromatic N) is 6. The van der Waals surface area contributed by atoms with Gasteiger partial charge < -0.3 is 10.1 Å². The summed E-state index contributed by atoms with van der Waals surface area (Å²) in [5, 5.41) is 16.6. The van der Waals surface area contributed by atoms with E-state index in [0.29, 0.717) is 5.78 Å². The molecule has 0 atom stereocenters. The molecule has 0 fully saturated rings. The van der Waals surface area contributed by atoms with Crippen molar-refractivity contribution in [3.8, 4) is 0 Å². The maximum Gasteiger partial charge on any atom is 0.276 e. The average molecular weight is 347 g/mol. The lowest BCUT2D eigenvalue weighted by atomic mass is 10.0. The molecule has 0 aromatic carbocycles. The Morgan fingerprint density at radius 3 is 3.12 bits per heavy atom. The second-order valence-corrected chi connectivity index (χ2v) is 7.01. The van der Waals surface area contributed by atoms with Gasteiger partial charge in [0.15, 0.2) is 0 Å². The van der Waals surface area contributed by atoms with Crippen LogP contribution in [0.4, 0.5) is 5.82 Å². The molecule has 0 unspecified atom stereocenters. The molecule has 3 aromatic heterocycles. The highest BCUT2D eigenvalue weighted by Crippen LogP contribution is 2.38. The Kier molecular flexibility index (Phi) is 4.30. The summed E-state index contributed by atoms with van der Waals surface area (Å²) in [7, 11) is 1.72. The van der Waals surface area contributed by atoms with Gasteiger partial charge in [-0.2, -0.15) is 9.50 Å². The van der Waals surface area contributed by atoms with Crippen LogP contribution >= 0.6 is 11.3 Å². The van der Waals surface area contributed by atoms with Gasteiger partial charge in [0.1, 0.15) is 10.6 Å². The fraction of sp³-hybridized carbons (Fsp3) is 0.600. The van der Waals surface area contributed by atoms with Crippen LogP contribution < -0.4 is 5.32 Å². The zero-order chi connectivity index (χ0) is 16.5. The van der Waals surface area contributed by atoms with Crippen LogP contribution in [0.2, 0.25) is 0 Å². The Hall–Kier alpha value is -1.84. The fourth-order valence-electron chi connectivity index (χ4n) is 3.20. The van der Waals surface area contributed by atoms with Gasteiger partial charge in [0.05, 0.1) is 5.39 Å². The fourth-order valence-corrected chi connectivity index (χ4v) is 4.53. The first-order valence-electron chi connectivity index (χ1n) is 8.29. The lowest BCUT2D eigenvalue weighted by molar-refractivity contribution is 0.198. The van der Waals surface area contributed by atoms with Gasteiger partial charge in [-0.1, -0.05) is 12.0 Å². The van der Waals surface area contributed by atoms with Gasteiger partial charge in [-0.05, 0) is 35.4 Å². The van der Waals surface area contributed by atoms with Crippen LogP contribution in [0.25, 0.3) is 16.0 Å². The first-order valence-corrected chi connectivity index (χ1v) is 9.11. The van der Waals surface area contributed by atoms with Crippen LogP contribution in [0.5, 0.6) is 0 Å². The number of tetrazole rings is 1. The van der Waals surface area contributed by atoms with E-state index in [4.69, 9.17) is 4.74 Å². The predicted molar refractivity (Wildman–Crippen MR) is 93.6 cm³/mol. The summed E-state index contributed by atoms with van der Waals surface area (Å²) in [5.74, 6) is 1.44. The van der Waals surface area contributed by atoms with Gasteiger partial charge in [-0.15, -0.1) is 11.3 Å². The molecule has 0 amide bonds. The topological polar surface area (TPSA) is 80.5 Å². The molecule has 9 heteroatoms. The average Bonchev–Trinajstić information content (AvgIpc) is 3.21. The maximum absolute atomic E-state index is 5.12. The van der Waals surface area contributed by atoms with Crippen molar-refractivity contribution < 1.29 is 4.74 Å². The van der Waals surface area contributed by atoms with E-state index < -0.39 is 0 Å². The monoisotopic (exact) mass is 347 g/mol. The molecule has 0 spiro atoms. The summed E-state index contributed by atoms with van der Waals surface area (Å²) < 4.78 is 6.88. The molecule has 1 N–H and O–H groups in total. The summed E-state index contributed by atoms with van der Waals surface area (Å²) in [4.78, 5) is 9.61. The largest absolute Gasteiger partial charge is 0.385 e. The lowest BCUT2D eigenvalue weighted by Crippen LogP contribution is -2.29. The van der Waals surface area contributed by atoms with Gasteiger partial charge in [0, 0.05) is 38.2 Å². The van der Waals surface area contributed by atoms with Crippen LogP contribution in [0, 0.1) is 0 Å². The van der Waals surface area contributed by atoms with Crippen molar-refractivity contribution in [2.45, 2.75) is 26.3 Å². The van der Waals surface area contributed by atoms with E-state index in [2.05, 4.69) is 37.6 Å². The second kappa shape index (κ2) is 6.58. The molecule has 0 saturated heterocycles. The van der Waals surface area contributed by atoms with Crippen LogP contribution in [-0.4, -0.2) is 63.3 Å². The zero-order valence-corrected chi connectivity index (χ0v) is 14.8. The number of thiophene rings is 1. The quantitative estimate of drug-likeness (QED) is 0.678. The third kappa shape index (κ3) is 2.62. The maximum atomic E-state index is 5.12. The molecule has 0 saturated carbocycles. The number of methoxy groups -OCH3 is 1. The molecular formula is C15H21N7OS. The molecule has 24 heavy (non-hydrogen) atoms. The predicted octanol–water partition coefficient (Wildman–Crippen LogP) is 1.56. The van der Waals surface area contributed by atoms with Gasteiger partial charge in [0.25, 0.3) is 5.78 Å². The number of likely N-dealkylation sites (N-methyl/N-ethyl adjacent to an activating group) is 1. The summed E-state index contributed by atoms with van der Waals surface area (Å²) in [6.07, 6.45) is 1.98. The number of rotatable bonds is 6. The number of hydrogen-bond acceptors (Lipinski definition) is 8. The molecule has 0 aliphatic carbocycles. The van der Waals surface area contributed by atoms with Crippen molar-refractivity contribution in [1.29, 1.82) is 0 Å². The third-order valence-corrected chi connectivity index (χ3v) is 5.67. The normalized spacial score (nSPS) is 15.2. The Morgan fingerprint density at radius 2 is 2.29 bits per heavy atom. The van der Waals surface area contributed by atoms with Gasteiger partial charge >= 0.3 is 0 Å². The zero-order valence-electron chi connectivity index (χ0n) is 13.9. The highest BCUT2D eigenvalue weighted by atomic mass is 32.1. The SMILES string of the molecule is CCN1CCc2c(sc3c2c(NCCCOC)nc2nnnn23)C1. The minimum atomic E-state index is 0.544. The number of anilines is 1. The van der Waals surface area contributed by atoms with E-state index in [9.17, 15) is 0 Å². The highest BCUT2D eigenvalue weighted by molar-refractivity contribution is 7.19. The Bertz CT molecular complexity index is 858. The number of aromatic nitrogens is 5. The molecule has 4 rings (SSSR count). The van der Waals surface area contributed by atoms with Crippen molar-refractivity contribution in [3.05, 3.63) is 10.4 Å². The third-order valence-electron chi connectivity index (χ3n) is 4.48. The molecule has 3 aromatic rings. The van der Waals surface area contributed by atoms with Crippen molar-refractivity contribution in [2.75, 3.05) is 38.7 Å². The van der Waals surface area contributed by atoms with Crippen LogP contribution in [0.1, 0.15) is 23.8 Å². The summed E-state index contributed by atoms with van der Waals surface area (Å²) in [6.45, 7) is 6.93. The molecule has 0 bridgehead atoms. The molecule has 1 aliphatic rings. The van der Waals surface area contributed by atoms with Crippen molar-refractivity contribution in [1.82, 2.24) is 29.9 Å². The van der Waals surface area contributed by atoms with E-state index >= 15 is 0 Å². The number of fused-ring (bicyclic) bond motifs is 5. The van der Waals surface area contributed by atoms with E-state index in [0.717, 1.165) is 56.3 Å². The summed E-state index contributed by atoms with van der Waals surface area (Å²) >= 11 is 1.78. The smallest absolute Gasteiger partial charge is 0.276 e. The molecule has 4 heterocycles. The molecule has 8 nitrogen and oxygen atoms in total.